The number of phenols is 3. The van der Waals surface area contributed by atoms with Crippen LogP contribution in [0.15, 0.2) is 59.6 Å². The molecule has 0 unspecified atom stereocenters. The van der Waals surface area contributed by atoms with Crippen LogP contribution in [-0.2, 0) is 0 Å². The third-order valence-electron chi connectivity index (χ3n) is 3.19. The number of halogens is 7. The molecule has 0 fully saturated rings. The van der Waals surface area contributed by atoms with Crippen LogP contribution in [0, 0.1) is 0 Å². The molecule has 0 heterocycles. The van der Waals surface area contributed by atoms with E-state index < -0.39 is 0 Å². The molecule has 0 saturated carbocycles. The molecule has 3 aromatic carbocycles. The summed E-state index contributed by atoms with van der Waals surface area (Å²) < 4.78 is 2.27. The molecule has 11 heteroatoms. The van der Waals surface area contributed by atoms with E-state index in [-0.39, 0.29) is 27.3 Å². The summed E-state index contributed by atoms with van der Waals surface area (Å²) in [4.78, 5) is 0.789. The summed E-state index contributed by atoms with van der Waals surface area (Å²) in [5, 5.41) is 29.9. The fourth-order valence-corrected chi connectivity index (χ4v) is 6.40. The highest BCUT2D eigenvalue weighted by atomic mass is 79.9. The van der Waals surface area contributed by atoms with Gasteiger partial charge in [-0.3, -0.25) is 0 Å². The normalized spacial score (nSPS) is 10.4. The van der Waals surface area contributed by atoms with Crippen LogP contribution in [0.1, 0.15) is 0 Å². The topological polar surface area (TPSA) is 60.7 Å². The van der Waals surface area contributed by atoms with Gasteiger partial charge in [-0.1, -0.05) is 74.1 Å². The van der Waals surface area contributed by atoms with Crippen LogP contribution in [0.2, 0.25) is 20.1 Å². The van der Waals surface area contributed by atoms with Gasteiger partial charge in [-0.25, -0.2) is 0 Å². The molecule has 0 saturated heterocycles. The zero-order valence-corrected chi connectivity index (χ0v) is 22.5. The Morgan fingerprint density at radius 1 is 0.586 bits per heavy atom. The van der Waals surface area contributed by atoms with Gasteiger partial charge in [0, 0.05) is 14.5 Å². The molecule has 0 aliphatic carbocycles. The summed E-state index contributed by atoms with van der Waals surface area (Å²) in [5.41, 5.74) is 0. The lowest BCUT2D eigenvalue weighted by Gasteiger charge is -2.09. The monoisotopic (exact) mass is 682 g/mol. The summed E-state index contributed by atoms with van der Waals surface area (Å²) in [6.07, 6.45) is 0. The smallest absolute Gasteiger partial charge is 0.148 e. The standard InChI is InChI=1S/C12H6Cl4O2S.C6H3Br3O/c13-5-1-7(15)11(17)9(3-5)19-10-4-6(14)2-8(16)12(10)18;7-3-1-4(8)6(10)5(9)2-3/h1-4,17-18H;1-2,10H. The molecule has 0 bridgehead atoms. The zero-order valence-electron chi connectivity index (χ0n) is 13.9. The number of rotatable bonds is 2. The van der Waals surface area contributed by atoms with E-state index in [1.807, 2.05) is 0 Å². The van der Waals surface area contributed by atoms with Crippen LogP contribution < -0.4 is 0 Å². The van der Waals surface area contributed by atoms with Crippen LogP contribution in [-0.4, -0.2) is 15.3 Å². The molecule has 3 N–H and O–H groups in total. The van der Waals surface area contributed by atoms with Gasteiger partial charge in [0.15, 0.2) is 0 Å². The quantitative estimate of drug-likeness (QED) is 0.251. The Hall–Kier alpha value is 0.01000. The Kier molecular flexibility index (Phi) is 9.63. The van der Waals surface area contributed by atoms with E-state index in [0.717, 1.165) is 16.2 Å². The maximum Gasteiger partial charge on any atom is 0.148 e. The first kappa shape index (κ1) is 25.3. The second-order valence-corrected chi connectivity index (χ2v) is 10.7. The van der Waals surface area contributed by atoms with Gasteiger partial charge in [-0.2, -0.15) is 0 Å². The second kappa shape index (κ2) is 11.0. The lowest BCUT2D eigenvalue weighted by Crippen LogP contribution is -1.81. The minimum Gasteiger partial charge on any atom is -0.506 e. The van der Waals surface area contributed by atoms with Crippen molar-refractivity contribution in [1.29, 1.82) is 0 Å². The second-order valence-electron chi connectivity index (χ2n) is 5.29. The van der Waals surface area contributed by atoms with Crippen LogP contribution in [0.3, 0.4) is 0 Å². The number of hydrogen-bond donors (Lipinski definition) is 3. The molecule has 0 aliphatic heterocycles. The molecule has 3 aromatic rings. The van der Waals surface area contributed by atoms with Gasteiger partial charge < -0.3 is 15.3 Å². The number of aromatic hydroxyl groups is 3. The van der Waals surface area contributed by atoms with Crippen molar-refractivity contribution < 1.29 is 15.3 Å². The third-order valence-corrected chi connectivity index (χ3v) is 6.93. The summed E-state index contributed by atoms with van der Waals surface area (Å²) in [5.74, 6) is -0.0127. The van der Waals surface area contributed by atoms with E-state index in [2.05, 4.69) is 47.8 Å². The summed E-state index contributed by atoms with van der Waals surface area (Å²) in [6.45, 7) is 0. The minimum absolute atomic E-state index is 0.119. The van der Waals surface area contributed by atoms with Crippen molar-refractivity contribution in [3.8, 4) is 17.2 Å². The van der Waals surface area contributed by atoms with Gasteiger partial charge in [-0.15, -0.1) is 0 Å². The summed E-state index contributed by atoms with van der Waals surface area (Å²) in [7, 11) is 0. The highest BCUT2D eigenvalue weighted by molar-refractivity contribution is 9.11. The first-order valence-corrected chi connectivity index (χ1v) is 12.1. The van der Waals surface area contributed by atoms with Crippen molar-refractivity contribution in [2.75, 3.05) is 0 Å². The van der Waals surface area contributed by atoms with Gasteiger partial charge in [0.1, 0.15) is 17.2 Å². The maximum absolute atomic E-state index is 9.85. The van der Waals surface area contributed by atoms with Gasteiger partial charge in [0.2, 0.25) is 0 Å². The number of phenolic OH excluding ortho intramolecular Hbond substituents is 3. The molecular weight excluding hydrogens is 678 g/mol. The van der Waals surface area contributed by atoms with Crippen molar-refractivity contribution in [3.63, 3.8) is 0 Å². The van der Waals surface area contributed by atoms with Gasteiger partial charge >= 0.3 is 0 Å². The van der Waals surface area contributed by atoms with E-state index in [9.17, 15) is 15.3 Å². The molecule has 3 nitrogen and oxygen atoms in total. The Morgan fingerprint density at radius 3 is 1.34 bits per heavy atom. The number of hydrogen-bond acceptors (Lipinski definition) is 4. The predicted molar refractivity (Wildman–Crippen MR) is 132 cm³/mol. The minimum atomic E-state index is -0.119. The Balaban J connectivity index is 0.000000253. The van der Waals surface area contributed by atoms with E-state index >= 15 is 0 Å². The van der Waals surface area contributed by atoms with E-state index in [1.165, 1.54) is 24.3 Å². The van der Waals surface area contributed by atoms with E-state index in [0.29, 0.717) is 28.8 Å². The van der Waals surface area contributed by atoms with Crippen LogP contribution in [0.4, 0.5) is 0 Å². The third kappa shape index (κ3) is 7.01. The molecule has 3 rings (SSSR count). The predicted octanol–water partition coefficient (Wildman–Crippen LogP) is 9.54. The Morgan fingerprint density at radius 2 is 0.966 bits per heavy atom. The summed E-state index contributed by atoms with van der Waals surface area (Å²) >= 11 is 34.1. The van der Waals surface area contributed by atoms with Crippen LogP contribution in [0.5, 0.6) is 17.2 Å². The first-order chi connectivity index (χ1) is 13.5. The summed E-state index contributed by atoms with van der Waals surface area (Å²) in [6, 6.07) is 9.46. The van der Waals surface area contributed by atoms with Crippen LogP contribution >= 0.6 is 106 Å². The average molecular weight is 687 g/mol. The maximum atomic E-state index is 9.85. The lowest BCUT2D eigenvalue weighted by atomic mass is 10.3. The Labute approximate surface area is 216 Å². The highest BCUT2D eigenvalue weighted by Crippen LogP contribution is 2.45. The molecule has 0 radical (unpaired) electrons. The molecule has 0 spiro atoms. The van der Waals surface area contributed by atoms with Crippen molar-refractivity contribution in [2.45, 2.75) is 9.79 Å². The highest BCUT2D eigenvalue weighted by Gasteiger charge is 2.14. The van der Waals surface area contributed by atoms with Crippen molar-refractivity contribution in [2.24, 2.45) is 0 Å². The molecular formula is C18H9Br3Cl4O3S. The van der Waals surface area contributed by atoms with E-state index in [4.69, 9.17) is 46.4 Å². The van der Waals surface area contributed by atoms with Crippen molar-refractivity contribution >= 4 is 106 Å². The molecule has 154 valence electrons. The van der Waals surface area contributed by atoms with Crippen LogP contribution in [0.25, 0.3) is 0 Å². The molecule has 0 atom stereocenters. The van der Waals surface area contributed by atoms with E-state index in [1.54, 1.807) is 12.1 Å². The molecule has 0 amide bonds. The Bertz CT molecular complexity index is 989. The largest absolute Gasteiger partial charge is 0.506 e. The molecule has 0 aliphatic rings. The fourth-order valence-electron chi connectivity index (χ4n) is 1.89. The zero-order chi connectivity index (χ0) is 21.9. The van der Waals surface area contributed by atoms with Gasteiger partial charge in [0.05, 0.1) is 28.8 Å². The van der Waals surface area contributed by atoms with Crippen molar-refractivity contribution in [1.82, 2.24) is 0 Å². The lowest BCUT2D eigenvalue weighted by molar-refractivity contribution is 0.460. The number of benzene rings is 3. The SMILES string of the molecule is Oc1c(Br)cc(Br)cc1Br.Oc1c(Cl)cc(Cl)cc1Sc1cc(Cl)cc(Cl)c1O. The van der Waals surface area contributed by atoms with Crippen molar-refractivity contribution in [3.05, 3.63) is 69.9 Å². The first-order valence-electron chi connectivity index (χ1n) is 7.37. The molecule has 0 aromatic heterocycles. The average Bonchev–Trinajstić information content (AvgIpc) is 2.61. The fraction of sp³-hybridized carbons (Fsp3) is 0. The molecule has 29 heavy (non-hydrogen) atoms. The van der Waals surface area contributed by atoms with Gasteiger partial charge in [0.25, 0.3) is 0 Å². The van der Waals surface area contributed by atoms with Gasteiger partial charge in [-0.05, 0) is 68.3 Å².